The SMILES string of the molecule is COc1ccc(-n2nnc3c(C#N)c(C)c(-c4ccccc4)n3c2=O)cc1. The number of ether oxygens (including phenoxy) is 1. The lowest BCUT2D eigenvalue weighted by Gasteiger charge is -2.07. The van der Waals surface area contributed by atoms with Crippen LogP contribution in [-0.2, 0) is 0 Å². The lowest BCUT2D eigenvalue weighted by Crippen LogP contribution is -2.29. The Morgan fingerprint density at radius 2 is 1.78 bits per heavy atom. The van der Waals surface area contributed by atoms with Crippen LogP contribution in [-0.4, -0.2) is 26.5 Å². The third-order valence-electron chi connectivity index (χ3n) is 4.47. The van der Waals surface area contributed by atoms with E-state index in [9.17, 15) is 10.1 Å². The Bertz CT molecular complexity index is 1230. The molecule has 7 nitrogen and oxygen atoms in total. The van der Waals surface area contributed by atoms with Crippen LogP contribution >= 0.6 is 0 Å². The Balaban J connectivity index is 2.05. The van der Waals surface area contributed by atoms with Gasteiger partial charge in [-0.05, 0) is 42.3 Å². The summed E-state index contributed by atoms with van der Waals surface area (Å²) in [4.78, 5) is 13.2. The highest BCUT2D eigenvalue weighted by molar-refractivity contribution is 5.75. The summed E-state index contributed by atoms with van der Waals surface area (Å²) in [5, 5.41) is 17.7. The molecule has 4 rings (SSSR count). The third-order valence-corrected chi connectivity index (χ3v) is 4.47. The summed E-state index contributed by atoms with van der Waals surface area (Å²) >= 11 is 0. The summed E-state index contributed by atoms with van der Waals surface area (Å²) < 4.78 is 7.80. The van der Waals surface area contributed by atoms with Gasteiger partial charge in [0.2, 0.25) is 0 Å². The van der Waals surface area contributed by atoms with Gasteiger partial charge in [0.15, 0.2) is 5.65 Å². The number of rotatable bonds is 3. The Kier molecular flexibility index (Phi) is 3.94. The molecule has 0 unspecified atom stereocenters. The minimum Gasteiger partial charge on any atom is -0.497 e. The predicted molar refractivity (Wildman–Crippen MR) is 100 cm³/mol. The zero-order chi connectivity index (χ0) is 19.0. The van der Waals surface area contributed by atoms with Crippen molar-refractivity contribution in [2.75, 3.05) is 7.11 Å². The molecule has 27 heavy (non-hydrogen) atoms. The molecule has 2 aromatic heterocycles. The fraction of sp³-hybridized carbons (Fsp3) is 0.100. The molecule has 0 bridgehead atoms. The maximum atomic E-state index is 13.2. The smallest absolute Gasteiger partial charge is 0.357 e. The molecule has 0 radical (unpaired) electrons. The molecule has 0 N–H and O–H groups in total. The van der Waals surface area contributed by atoms with Crippen LogP contribution < -0.4 is 10.4 Å². The Hall–Kier alpha value is -3.92. The second-order valence-corrected chi connectivity index (χ2v) is 5.97. The van der Waals surface area contributed by atoms with Crippen LogP contribution in [0.5, 0.6) is 5.75 Å². The van der Waals surface area contributed by atoms with Crippen LogP contribution in [0.3, 0.4) is 0 Å². The van der Waals surface area contributed by atoms with Gasteiger partial charge in [-0.3, -0.25) is 0 Å². The Labute approximate surface area is 154 Å². The summed E-state index contributed by atoms with van der Waals surface area (Å²) in [6.07, 6.45) is 0. The standard InChI is InChI=1S/C20H15N5O2/c1-13-17(12-21)19-22-23-25(15-8-10-16(27-2)11-9-15)20(26)24(19)18(13)14-6-4-3-5-7-14/h3-11H,1-2H3. The molecule has 0 aliphatic rings. The lowest BCUT2D eigenvalue weighted by atomic mass is 10.1. The zero-order valence-electron chi connectivity index (χ0n) is 14.7. The predicted octanol–water partition coefficient (Wildman–Crippen LogP) is 2.74. The number of nitriles is 1. The van der Waals surface area contributed by atoms with Crippen molar-refractivity contribution in [1.29, 1.82) is 5.26 Å². The molecule has 132 valence electrons. The van der Waals surface area contributed by atoms with Crippen LogP contribution in [0.2, 0.25) is 0 Å². The number of benzene rings is 2. The van der Waals surface area contributed by atoms with Gasteiger partial charge in [-0.1, -0.05) is 35.5 Å². The monoisotopic (exact) mass is 357 g/mol. The van der Waals surface area contributed by atoms with Gasteiger partial charge in [0, 0.05) is 0 Å². The fourth-order valence-corrected chi connectivity index (χ4v) is 3.13. The lowest BCUT2D eigenvalue weighted by molar-refractivity contribution is 0.414. The second-order valence-electron chi connectivity index (χ2n) is 5.97. The number of hydrogen-bond acceptors (Lipinski definition) is 5. The average molecular weight is 357 g/mol. The Morgan fingerprint density at radius 1 is 1.07 bits per heavy atom. The quantitative estimate of drug-likeness (QED) is 0.563. The molecule has 0 aliphatic heterocycles. The summed E-state index contributed by atoms with van der Waals surface area (Å²) in [6.45, 7) is 1.81. The van der Waals surface area contributed by atoms with Gasteiger partial charge in [0.25, 0.3) is 0 Å². The first-order valence-corrected chi connectivity index (χ1v) is 8.26. The minimum absolute atomic E-state index is 0.253. The molecule has 4 aromatic rings. The molecule has 0 amide bonds. The van der Waals surface area contributed by atoms with E-state index in [0.29, 0.717) is 28.3 Å². The number of fused-ring (bicyclic) bond motifs is 1. The molecular weight excluding hydrogens is 342 g/mol. The second kappa shape index (κ2) is 6.42. The van der Waals surface area contributed by atoms with E-state index in [1.807, 2.05) is 37.3 Å². The molecule has 7 heteroatoms. The molecule has 0 spiro atoms. The van der Waals surface area contributed by atoms with Crippen molar-refractivity contribution in [3.8, 4) is 28.8 Å². The summed E-state index contributed by atoms with van der Waals surface area (Å²) in [7, 11) is 1.57. The number of aromatic nitrogens is 4. The van der Waals surface area contributed by atoms with Gasteiger partial charge in [0.1, 0.15) is 17.4 Å². The van der Waals surface area contributed by atoms with E-state index in [0.717, 1.165) is 5.56 Å². The number of hydrogen-bond donors (Lipinski definition) is 0. The van der Waals surface area contributed by atoms with Crippen LogP contribution in [0.1, 0.15) is 11.1 Å². The van der Waals surface area contributed by atoms with Crippen molar-refractivity contribution in [2.24, 2.45) is 0 Å². The molecule has 0 aliphatic carbocycles. The topological polar surface area (TPSA) is 85.2 Å². The first-order chi connectivity index (χ1) is 13.2. The zero-order valence-corrected chi connectivity index (χ0v) is 14.7. The molecule has 0 fully saturated rings. The van der Waals surface area contributed by atoms with Crippen molar-refractivity contribution < 1.29 is 4.74 Å². The van der Waals surface area contributed by atoms with Crippen LogP contribution in [0.15, 0.2) is 59.4 Å². The normalized spacial score (nSPS) is 10.7. The third kappa shape index (κ3) is 2.55. The van der Waals surface area contributed by atoms with Crippen molar-refractivity contribution in [1.82, 2.24) is 19.4 Å². The largest absolute Gasteiger partial charge is 0.497 e. The van der Waals surface area contributed by atoms with Crippen molar-refractivity contribution in [3.63, 3.8) is 0 Å². The van der Waals surface area contributed by atoms with Crippen molar-refractivity contribution in [2.45, 2.75) is 6.92 Å². The van der Waals surface area contributed by atoms with E-state index < -0.39 is 5.69 Å². The summed E-state index contributed by atoms with van der Waals surface area (Å²) in [6, 6.07) is 18.5. The highest BCUT2D eigenvalue weighted by atomic mass is 16.5. The van der Waals surface area contributed by atoms with E-state index in [-0.39, 0.29) is 5.65 Å². The maximum absolute atomic E-state index is 13.2. The van der Waals surface area contributed by atoms with Crippen molar-refractivity contribution >= 4 is 5.65 Å². The maximum Gasteiger partial charge on any atom is 0.357 e. The van der Waals surface area contributed by atoms with E-state index in [4.69, 9.17) is 4.74 Å². The van der Waals surface area contributed by atoms with E-state index in [2.05, 4.69) is 16.4 Å². The Morgan fingerprint density at radius 3 is 2.41 bits per heavy atom. The molecular formula is C20H15N5O2. The van der Waals surface area contributed by atoms with Crippen LogP contribution in [0, 0.1) is 18.3 Å². The van der Waals surface area contributed by atoms with Crippen LogP contribution in [0.4, 0.5) is 0 Å². The first kappa shape index (κ1) is 16.5. The van der Waals surface area contributed by atoms with Crippen LogP contribution in [0.25, 0.3) is 22.6 Å². The first-order valence-electron chi connectivity index (χ1n) is 8.26. The van der Waals surface area contributed by atoms with Gasteiger partial charge in [-0.15, -0.1) is 5.10 Å². The van der Waals surface area contributed by atoms with E-state index in [1.54, 1.807) is 31.4 Å². The van der Waals surface area contributed by atoms with Gasteiger partial charge in [-0.25, -0.2) is 9.20 Å². The summed E-state index contributed by atoms with van der Waals surface area (Å²) in [5.74, 6) is 0.675. The van der Waals surface area contributed by atoms with Gasteiger partial charge < -0.3 is 4.74 Å². The molecule has 2 heterocycles. The summed E-state index contributed by atoms with van der Waals surface area (Å²) in [5.41, 5.74) is 2.93. The van der Waals surface area contributed by atoms with Gasteiger partial charge in [-0.2, -0.15) is 9.94 Å². The van der Waals surface area contributed by atoms with Crippen molar-refractivity contribution in [3.05, 3.63) is 76.2 Å². The minimum atomic E-state index is -0.395. The van der Waals surface area contributed by atoms with E-state index in [1.165, 1.54) is 9.08 Å². The van der Waals surface area contributed by atoms with Gasteiger partial charge >= 0.3 is 5.69 Å². The fourth-order valence-electron chi connectivity index (χ4n) is 3.13. The average Bonchev–Trinajstić information content (AvgIpc) is 3.01. The van der Waals surface area contributed by atoms with E-state index >= 15 is 0 Å². The number of nitrogens with zero attached hydrogens (tertiary/aromatic N) is 5. The molecule has 0 atom stereocenters. The molecule has 2 aromatic carbocycles. The molecule has 0 saturated carbocycles. The molecule has 0 saturated heterocycles. The highest BCUT2D eigenvalue weighted by Crippen LogP contribution is 2.28. The van der Waals surface area contributed by atoms with Gasteiger partial charge in [0.05, 0.1) is 18.5 Å². The number of methoxy groups -OCH3 is 1. The highest BCUT2D eigenvalue weighted by Gasteiger charge is 2.21.